The van der Waals surface area contributed by atoms with Crippen molar-refractivity contribution in [3.63, 3.8) is 0 Å². The quantitative estimate of drug-likeness (QED) is 0.482. The fourth-order valence-electron chi connectivity index (χ4n) is 2.14. The van der Waals surface area contributed by atoms with Crippen molar-refractivity contribution in [3.05, 3.63) is 4.85 Å². The van der Waals surface area contributed by atoms with Crippen LogP contribution >= 0.6 is 0 Å². The second-order valence-electron chi connectivity index (χ2n) is 3.45. The Morgan fingerprint density at radius 2 is 2.00 bits per heavy atom. The molecule has 2 atom stereocenters. The Labute approximate surface area is 62.2 Å². The summed E-state index contributed by atoms with van der Waals surface area (Å²) in [7, 11) is 0. The van der Waals surface area contributed by atoms with Gasteiger partial charge in [-0.15, -0.1) is 0 Å². The van der Waals surface area contributed by atoms with Crippen molar-refractivity contribution < 1.29 is 0 Å². The zero-order chi connectivity index (χ0) is 6.81. The Bertz CT molecular complexity index is 175. The fraction of sp³-hybridized carbons (Fsp3) is 0.889. The lowest BCUT2D eigenvalue weighted by molar-refractivity contribution is 0.276. The van der Waals surface area contributed by atoms with Crippen LogP contribution in [0.15, 0.2) is 0 Å². The van der Waals surface area contributed by atoms with Crippen LogP contribution in [0.25, 0.3) is 4.85 Å². The fourth-order valence-corrected chi connectivity index (χ4v) is 2.14. The van der Waals surface area contributed by atoms with Gasteiger partial charge in [0.25, 0.3) is 12.6 Å². The van der Waals surface area contributed by atoms with Crippen molar-refractivity contribution >= 4 is 0 Å². The molecule has 0 spiro atoms. The summed E-state index contributed by atoms with van der Waals surface area (Å²) in [5, 5.41) is 0. The lowest BCUT2D eigenvalue weighted by Gasteiger charge is -2.24. The Morgan fingerprint density at radius 1 is 1.10 bits per heavy atom. The smallest absolute Gasteiger partial charge is 0.0834 e. The zero-order valence-electron chi connectivity index (χ0n) is 6.34. The van der Waals surface area contributed by atoms with Crippen LogP contribution in [0.1, 0.15) is 32.1 Å². The highest BCUT2D eigenvalue weighted by atomic mass is 14.7. The van der Waals surface area contributed by atoms with Crippen molar-refractivity contribution in [2.45, 2.75) is 32.1 Å². The van der Waals surface area contributed by atoms with E-state index >= 15 is 0 Å². The summed E-state index contributed by atoms with van der Waals surface area (Å²) in [6, 6.07) is 3.25. The minimum Gasteiger partial charge on any atom is -0.0834 e. The molecule has 0 aromatic heterocycles. The first-order valence-corrected chi connectivity index (χ1v) is 4.39. The van der Waals surface area contributed by atoms with Gasteiger partial charge in [-0.25, -0.2) is 0 Å². The number of nitrogens with zero attached hydrogens (tertiary/aromatic N) is 1. The number of hydrogen-bond donors (Lipinski definition) is 0. The molecule has 1 heteroatoms. The van der Waals surface area contributed by atoms with E-state index in [-0.39, 0.29) is 0 Å². The van der Waals surface area contributed by atoms with Crippen molar-refractivity contribution in [1.82, 2.24) is 0 Å². The van der Waals surface area contributed by atoms with Gasteiger partial charge >= 0.3 is 0 Å². The average Bonchev–Trinajstić information content (AvgIpc) is 2.05. The molecule has 0 aromatic rings. The number of rotatable bonds is 0. The first-order chi connectivity index (χ1) is 4.97. The van der Waals surface area contributed by atoms with Gasteiger partial charge in [-0.05, 0) is 18.8 Å². The highest BCUT2D eigenvalue weighted by Gasteiger charge is 2.30. The van der Waals surface area contributed by atoms with Crippen molar-refractivity contribution in [2.75, 3.05) is 6.54 Å². The molecule has 0 saturated heterocycles. The first-order valence-electron chi connectivity index (χ1n) is 4.39. The minimum atomic E-state index is 0.738. The van der Waals surface area contributed by atoms with Crippen LogP contribution in [0.2, 0.25) is 0 Å². The molecule has 1 saturated carbocycles. The monoisotopic (exact) mass is 136 g/mol. The Balaban J connectivity index is 2.07. The summed E-state index contributed by atoms with van der Waals surface area (Å²) in [5.74, 6) is 1.69. The lowest BCUT2D eigenvalue weighted by atomic mass is 9.77. The minimum absolute atomic E-state index is 0.738. The van der Waals surface area contributed by atoms with Crippen molar-refractivity contribution in [2.24, 2.45) is 11.8 Å². The standard InChI is InChI=1S/C9H14N/c1-2-4-9-7-10-6-5-8(9)3-1/h8-9H,1-6H2/q+1. The van der Waals surface area contributed by atoms with E-state index < -0.39 is 0 Å². The molecule has 2 rings (SSSR count). The average molecular weight is 136 g/mol. The molecule has 2 unspecified atom stereocenters. The van der Waals surface area contributed by atoms with E-state index in [0.29, 0.717) is 0 Å². The Kier molecular flexibility index (Phi) is 1.63. The summed E-state index contributed by atoms with van der Waals surface area (Å²) in [6.45, 7) is 1.04. The highest BCUT2D eigenvalue weighted by molar-refractivity contribution is 5.02. The van der Waals surface area contributed by atoms with E-state index in [9.17, 15) is 0 Å². The van der Waals surface area contributed by atoms with Crippen LogP contribution in [0.3, 0.4) is 0 Å². The summed E-state index contributed by atoms with van der Waals surface area (Å²) in [5.41, 5.74) is 0. The van der Waals surface area contributed by atoms with Gasteiger partial charge in [0.05, 0.1) is 5.92 Å². The molecular formula is C9H14N+. The van der Waals surface area contributed by atoms with E-state index in [1.807, 2.05) is 0 Å². The molecule has 2 aliphatic rings. The third kappa shape index (κ3) is 1.03. The largest absolute Gasteiger partial charge is 0.276 e. The summed E-state index contributed by atoms with van der Waals surface area (Å²) in [6.07, 6.45) is 6.98. The third-order valence-corrected chi connectivity index (χ3v) is 2.78. The normalized spacial score (nSPS) is 37.6. The first kappa shape index (κ1) is 6.22. The van der Waals surface area contributed by atoms with Crippen LogP contribution in [-0.2, 0) is 0 Å². The van der Waals surface area contributed by atoms with Crippen molar-refractivity contribution in [1.29, 1.82) is 0 Å². The summed E-state index contributed by atoms with van der Waals surface area (Å²) < 4.78 is 0. The predicted molar refractivity (Wildman–Crippen MR) is 42.2 cm³/mol. The topological polar surface area (TPSA) is 4.36 Å². The third-order valence-electron chi connectivity index (χ3n) is 2.78. The highest BCUT2D eigenvalue weighted by Crippen LogP contribution is 2.33. The summed E-state index contributed by atoms with van der Waals surface area (Å²) >= 11 is 0. The van der Waals surface area contributed by atoms with Gasteiger partial charge < -0.3 is 0 Å². The van der Waals surface area contributed by atoms with Gasteiger partial charge in [-0.3, -0.25) is 0 Å². The van der Waals surface area contributed by atoms with Gasteiger partial charge in [-0.2, -0.15) is 0 Å². The van der Waals surface area contributed by atoms with Crippen LogP contribution < -0.4 is 0 Å². The van der Waals surface area contributed by atoms with E-state index in [4.69, 9.17) is 0 Å². The molecule has 0 aromatic carbocycles. The molecule has 1 nitrogen and oxygen atoms in total. The maximum atomic E-state index is 4.21. The van der Waals surface area contributed by atoms with Crippen LogP contribution in [0.5, 0.6) is 0 Å². The van der Waals surface area contributed by atoms with E-state index in [2.05, 4.69) is 10.9 Å². The zero-order valence-corrected chi connectivity index (χ0v) is 6.34. The molecule has 0 amide bonds. The van der Waals surface area contributed by atoms with E-state index in [1.165, 1.54) is 32.1 Å². The second-order valence-corrected chi connectivity index (χ2v) is 3.45. The molecule has 0 bridgehead atoms. The molecule has 1 aliphatic carbocycles. The van der Waals surface area contributed by atoms with Gasteiger partial charge in [0.2, 0.25) is 0 Å². The molecule has 10 heavy (non-hydrogen) atoms. The van der Waals surface area contributed by atoms with Crippen LogP contribution in [-0.4, -0.2) is 6.54 Å². The maximum Gasteiger partial charge on any atom is 0.276 e. The molecule has 0 radical (unpaired) electrons. The molecule has 0 N–H and O–H groups in total. The second kappa shape index (κ2) is 2.62. The predicted octanol–water partition coefficient (Wildman–Crippen LogP) is 2.53. The van der Waals surface area contributed by atoms with Crippen LogP contribution in [0, 0.1) is 17.9 Å². The SMILES string of the molecule is C1#[N+]CCC2CCCCC12. The lowest BCUT2D eigenvalue weighted by Crippen LogP contribution is -2.20. The maximum absolute atomic E-state index is 4.21. The molecule has 54 valence electrons. The van der Waals surface area contributed by atoms with Gasteiger partial charge in [-0.1, -0.05) is 17.7 Å². The van der Waals surface area contributed by atoms with Gasteiger partial charge in [0.1, 0.15) is 0 Å². The number of fused-ring (bicyclic) bond motifs is 1. The van der Waals surface area contributed by atoms with Gasteiger partial charge in [0.15, 0.2) is 0 Å². The molecule has 1 fully saturated rings. The van der Waals surface area contributed by atoms with E-state index in [0.717, 1.165) is 18.4 Å². The molecular weight excluding hydrogens is 122 g/mol. The van der Waals surface area contributed by atoms with Gasteiger partial charge in [0, 0.05) is 6.42 Å². The molecule has 1 aliphatic heterocycles. The Hall–Kier alpha value is -0.510. The Morgan fingerprint density at radius 3 is 2.90 bits per heavy atom. The van der Waals surface area contributed by atoms with Crippen molar-refractivity contribution in [3.8, 4) is 6.07 Å². The van der Waals surface area contributed by atoms with E-state index in [1.54, 1.807) is 0 Å². The molecule has 1 heterocycles. The number of hydrogen-bond acceptors (Lipinski definition) is 0. The summed E-state index contributed by atoms with van der Waals surface area (Å²) in [4.78, 5) is 4.21. The van der Waals surface area contributed by atoms with Crippen LogP contribution in [0.4, 0.5) is 0 Å².